The minimum absolute atomic E-state index is 0.00105. The molecule has 1 aromatic rings. The maximum atomic E-state index is 12.0. The summed E-state index contributed by atoms with van der Waals surface area (Å²) in [6, 6.07) is 1.78. The molecule has 0 unspecified atom stereocenters. The third-order valence-corrected chi connectivity index (χ3v) is 3.24. The molecule has 0 aliphatic carbocycles. The predicted molar refractivity (Wildman–Crippen MR) is 68.5 cm³/mol. The number of carbonyl (C=O) groups is 1. The van der Waals surface area contributed by atoms with Gasteiger partial charge in [-0.1, -0.05) is 0 Å². The molecule has 1 fully saturated rings. The lowest BCUT2D eigenvalue weighted by Crippen LogP contribution is -2.39. The van der Waals surface area contributed by atoms with Crippen LogP contribution >= 0.6 is 0 Å². The van der Waals surface area contributed by atoms with Gasteiger partial charge in [0.15, 0.2) is 0 Å². The minimum atomic E-state index is -0.0870. The maximum Gasteiger partial charge on any atom is 0.317 e. The van der Waals surface area contributed by atoms with Gasteiger partial charge in [-0.3, -0.25) is 4.98 Å². The largest absolute Gasteiger partial charge is 0.495 e. The number of nitrogens with zero attached hydrogens (tertiary/aromatic N) is 2. The van der Waals surface area contributed by atoms with Crippen molar-refractivity contribution in [1.29, 1.82) is 0 Å². The summed E-state index contributed by atoms with van der Waals surface area (Å²) < 4.78 is 5.25. The number of carbonyl (C=O) groups excluding carboxylic acids is 1. The first-order chi connectivity index (χ1) is 8.72. The van der Waals surface area contributed by atoms with Gasteiger partial charge in [0.05, 0.1) is 19.3 Å². The van der Waals surface area contributed by atoms with Crippen LogP contribution in [-0.2, 0) is 0 Å². The zero-order valence-electron chi connectivity index (χ0n) is 10.8. The van der Waals surface area contributed by atoms with Gasteiger partial charge in [0.25, 0.3) is 0 Å². The number of pyridine rings is 1. The smallest absolute Gasteiger partial charge is 0.317 e. The highest BCUT2D eigenvalue weighted by Crippen LogP contribution is 2.23. The molecule has 0 spiro atoms. The molecule has 2 rings (SSSR count). The summed E-state index contributed by atoms with van der Waals surface area (Å²) >= 11 is 0. The van der Waals surface area contributed by atoms with Gasteiger partial charge in [-0.05, 0) is 25.8 Å². The van der Waals surface area contributed by atoms with Gasteiger partial charge in [0, 0.05) is 24.8 Å². The lowest BCUT2D eigenvalue weighted by molar-refractivity contribution is 0.205. The van der Waals surface area contributed by atoms with E-state index in [1.165, 1.54) is 0 Å². The minimum Gasteiger partial charge on any atom is -0.495 e. The molecule has 0 bridgehead atoms. The predicted octanol–water partition coefficient (Wildman–Crippen LogP) is 1.96. The van der Waals surface area contributed by atoms with Crippen molar-refractivity contribution in [2.75, 3.05) is 20.2 Å². The van der Waals surface area contributed by atoms with Crippen LogP contribution in [0.2, 0.25) is 0 Å². The molecule has 1 aromatic heterocycles. The maximum absolute atomic E-state index is 12.0. The quantitative estimate of drug-likeness (QED) is 0.891. The Bertz CT molecular complexity index is 416. The van der Waals surface area contributed by atoms with Crippen LogP contribution in [-0.4, -0.2) is 36.1 Å². The average Bonchev–Trinajstić information content (AvgIpc) is 2.92. The summed E-state index contributed by atoms with van der Waals surface area (Å²) in [6.07, 6.45) is 5.56. The second kappa shape index (κ2) is 5.71. The van der Waals surface area contributed by atoms with E-state index in [0.717, 1.165) is 31.5 Å². The van der Waals surface area contributed by atoms with Crippen molar-refractivity contribution in [3.63, 3.8) is 0 Å². The summed E-state index contributed by atoms with van der Waals surface area (Å²) in [6.45, 7) is 3.66. The summed E-state index contributed by atoms with van der Waals surface area (Å²) in [5, 5.41) is 2.99. The highest BCUT2D eigenvalue weighted by Gasteiger charge is 2.20. The molecule has 1 saturated heterocycles. The number of ether oxygens (including phenoxy) is 1. The molecule has 1 N–H and O–H groups in total. The first kappa shape index (κ1) is 12.7. The number of nitrogens with one attached hydrogen (secondary N) is 1. The monoisotopic (exact) mass is 249 g/mol. The fourth-order valence-corrected chi connectivity index (χ4v) is 2.19. The molecule has 18 heavy (non-hydrogen) atoms. The summed E-state index contributed by atoms with van der Waals surface area (Å²) in [5.41, 5.74) is 0.944. The van der Waals surface area contributed by atoms with E-state index in [-0.39, 0.29) is 12.1 Å². The van der Waals surface area contributed by atoms with Crippen LogP contribution in [0.5, 0.6) is 5.75 Å². The number of amides is 2. The molecule has 5 nitrogen and oxygen atoms in total. The van der Waals surface area contributed by atoms with E-state index < -0.39 is 0 Å². The topological polar surface area (TPSA) is 54.5 Å². The van der Waals surface area contributed by atoms with Crippen LogP contribution in [0.4, 0.5) is 4.79 Å². The number of rotatable bonds is 3. The van der Waals surface area contributed by atoms with E-state index in [1.54, 1.807) is 19.5 Å². The van der Waals surface area contributed by atoms with Crippen LogP contribution in [0.3, 0.4) is 0 Å². The number of aromatic nitrogens is 1. The van der Waals surface area contributed by atoms with Gasteiger partial charge in [-0.2, -0.15) is 0 Å². The van der Waals surface area contributed by atoms with Crippen molar-refractivity contribution in [2.45, 2.75) is 25.8 Å². The SMILES string of the molecule is COc1cnccc1[C@H](C)NC(=O)N1CCCC1. The summed E-state index contributed by atoms with van der Waals surface area (Å²) in [7, 11) is 1.61. The third kappa shape index (κ3) is 2.72. The molecular formula is C13H19N3O2. The van der Waals surface area contributed by atoms with Crippen LogP contribution in [0.25, 0.3) is 0 Å². The third-order valence-electron chi connectivity index (χ3n) is 3.24. The van der Waals surface area contributed by atoms with E-state index in [2.05, 4.69) is 10.3 Å². The fraction of sp³-hybridized carbons (Fsp3) is 0.538. The average molecular weight is 249 g/mol. The molecule has 1 atom stereocenters. The van der Waals surface area contributed by atoms with E-state index in [1.807, 2.05) is 17.9 Å². The van der Waals surface area contributed by atoms with Crippen molar-refractivity contribution >= 4 is 6.03 Å². The van der Waals surface area contributed by atoms with Crippen LogP contribution in [0, 0.1) is 0 Å². The van der Waals surface area contributed by atoms with E-state index >= 15 is 0 Å². The van der Waals surface area contributed by atoms with Crippen molar-refractivity contribution in [2.24, 2.45) is 0 Å². The van der Waals surface area contributed by atoms with Crippen molar-refractivity contribution in [3.8, 4) is 5.75 Å². The van der Waals surface area contributed by atoms with Crippen LogP contribution in [0.15, 0.2) is 18.5 Å². The summed E-state index contributed by atoms with van der Waals surface area (Å²) in [4.78, 5) is 17.8. The molecule has 1 aliphatic heterocycles. The Kier molecular flexibility index (Phi) is 4.02. The van der Waals surface area contributed by atoms with Crippen molar-refractivity contribution < 1.29 is 9.53 Å². The molecule has 2 heterocycles. The number of hydrogen-bond acceptors (Lipinski definition) is 3. The molecule has 98 valence electrons. The normalized spacial score (nSPS) is 16.4. The molecule has 1 aliphatic rings. The number of likely N-dealkylation sites (tertiary alicyclic amines) is 1. The van der Waals surface area contributed by atoms with Gasteiger partial charge < -0.3 is 15.0 Å². The molecule has 0 saturated carbocycles. The highest BCUT2D eigenvalue weighted by molar-refractivity contribution is 5.75. The zero-order chi connectivity index (χ0) is 13.0. The van der Waals surface area contributed by atoms with Gasteiger partial charge in [-0.15, -0.1) is 0 Å². The first-order valence-corrected chi connectivity index (χ1v) is 6.25. The highest BCUT2D eigenvalue weighted by atomic mass is 16.5. The van der Waals surface area contributed by atoms with Crippen molar-refractivity contribution in [3.05, 3.63) is 24.0 Å². The van der Waals surface area contributed by atoms with E-state index in [0.29, 0.717) is 5.75 Å². The van der Waals surface area contributed by atoms with Crippen molar-refractivity contribution in [1.82, 2.24) is 15.2 Å². The Morgan fingerprint density at radius 3 is 2.89 bits per heavy atom. The van der Waals surface area contributed by atoms with E-state index in [9.17, 15) is 4.79 Å². The Hall–Kier alpha value is -1.78. The number of hydrogen-bond donors (Lipinski definition) is 1. The fourth-order valence-electron chi connectivity index (χ4n) is 2.19. The molecule has 5 heteroatoms. The van der Waals surface area contributed by atoms with Gasteiger partial charge >= 0.3 is 6.03 Å². The standard InChI is InChI=1S/C13H19N3O2/c1-10(11-5-6-14-9-12(11)18-2)15-13(17)16-7-3-4-8-16/h5-6,9-10H,3-4,7-8H2,1-2H3,(H,15,17)/t10-/m0/s1. The Morgan fingerprint density at radius 1 is 1.50 bits per heavy atom. The van der Waals surface area contributed by atoms with E-state index in [4.69, 9.17) is 4.74 Å². The summed E-state index contributed by atoms with van der Waals surface area (Å²) in [5.74, 6) is 0.701. The molecule has 0 aromatic carbocycles. The van der Waals surface area contributed by atoms with Crippen LogP contribution in [0.1, 0.15) is 31.4 Å². The molecule has 0 radical (unpaired) electrons. The van der Waals surface area contributed by atoms with Gasteiger partial charge in [0.2, 0.25) is 0 Å². The number of methoxy groups -OCH3 is 1. The zero-order valence-corrected chi connectivity index (χ0v) is 10.8. The Labute approximate surface area is 107 Å². The molecule has 2 amide bonds. The Morgan fingerprint density at radius 2 is 2.22 bits per heavy atom. The lowest BCUT2D eigenvalue weighted by Gasteiger charge is -2.21. The van der Waals surface area contributed by atoms with Crippen LogP contribution < -0.4 is 10.1 Å². The van der Waals surface area contributed by atoms with Gasteiger partial charge in [0.1, 0.15) is 5.75 Å². The second-order valence-electron chi connectivity index (χ2n) is 4.48. The van der Waals surface area contributed by atoms with Gasteiger partial charge in [-0.25, -0.2) is 4.79 Å². The molecular weight excluding hydrogens is 230 g/mol. The first-order valence-electron chi connectivity index (χ1n) is 6.25. The lowest BCUT2D eigenvalue weighted by atomic mass is 10.1. The number of urea groups is 1. The Balaban J connectivity index is 2.02. The second-order valence-corrected chi connectivity index (χ2v) is 4.48.